The van der Waals surface area contributed by atoms with E-state index < -0.39 is 17.5 Å². The van der Waals surface area contributed by atoms with Crippen LogP contribution in [0.5, 0.6) is 5.75 Å². The summed E-state index contributed by atoms with van der Waals surface area (Å²) in [5, 5.41) is 6.18. The van der Waals surface area contributed by atoms with Crippen molar-refractivity contribution in [2.75, 3.05) is 51.7 Å². The van der Waals surface area contributed by atoms with Gasteiger partial charge in [-0.15, -0.1) is 0 Å². The summed E-state index contributed by atoms with van der Waals surface area (Å²) in [5.74, 6) is -2.51. The van der Waals surface area contributed by atoms with E-state index in [0.29, 0.717) is 30.6 Å². The van der Waals surface area contributed by atoms with Crippen LogP contribution in [-0.4, -0.2) is 83.5 Å². The zero-order valence-corrected chi connectivity index (χ0v) is 23.8. The fourth-order valence-electron chi connectivity index (χ4n) is 5.98. The summed E-state index contributed by atoms with van der Waals surface area (Å²) in [6.45, 7) is 4.14. The minimum absolute atomic E-state index is 0.0499. The molecule has 2 unspecified atom stereocenters. The average Bonchev–Trinajstić information content (AvgIpc) is 3.65. The molecule has 0 aliphatic carbocycles. The summed E-state index contributed by atoms with van der Waals surface area (Å²) in [6.07, 6.45) is 1.27. The van der Waals surface area contributed by atoms with Gasteiger partial charge in [-0.1, -0.05) is 11.6 Å². The number of amides is 3. The number of methoxy groups -OCH3 is 1. The molecule has 10 nitrogen and oxygen atoms in total. The van der Waals surface area contributed by atoms with E-state index in [1.165, 1.54) is 49.2 Å². The molecule has 0 bridgehead atoms. The van der Waals surface area contributed by atoms with Crippen LogP contribution in [0.3, 0.4) is 0 Å². The molecule has 0 radical (unpaired) electrons. The van der Waals surface area contributed by atoms with Gasteiger partial charge in [0.15, 0.2) is 17.4 Å². The van der Waals surface area contributed by atoms with Gasteiger partial charge in [0, 0.05) is 57.6 Å². The fourth-order valence-corrected chi connectivity index (χ4v) is 6.24. The lowest BCUT2D eigenvalue weighted by atomic mass is 9.97. The van der Waals surface area contributed by atoms with Crippen molar-refractivity contribution < 1.29 is 27.9 Å². The van der Waals surface area contributed by atoms with Gasteiger partial charge in [-0.05, 0) is 42.2 Å². The first-order valence-corrected chi connectivity index (χ1v) is 14.0. The van der Waals surface area contributed by atoms with Gasteiger partial charge in [-0.2, -0.15) is 4.39 Å². The topological polar surface area (TPSA) is 109 Å². The lowest BCUT2D eigenvalue weighted by Crippen LogP contribution is -2.56. The van der Waals surface area contributed by atoms with Gasteiger partial charge in [-0.3, -0.25) is 14.4 Å². The highest BCUT2D eigenvalue weighted by molar-refractivity contribution is 6.34. The van der Waals surface area contributed by atoms with E-state index in [1.807, 2.05) is 4.90 Å². The standard InChI is InChI=1S/C29H29ClF2N6O4/c1-36-22(20-5-6-23(42-2)25(32)24(20)31)10-34-26(36)27(39)35-18-3-4-19(21(30)7-18)29(41)38-13-17(14-38)28(40)37-11-15-8-33-9-16(15)12-37/h3-7,10,15-17,33H,8-9,11-14H2,1-2H3,(H,35,39). The zero-order chi connectivity index (χ0) is 29.7. The number of fused-ring (bicyclic) bond motifs is 1. The number of hydrogen-bond donors (Lipinski definition) is 2. The molecule has 0 spiro atoms. The molecule has 2 atom stereocenters. The Hall–Kier alpha value is -4.03. The largest absolute Gasteiger partial charge is 0.494 e. The number of benzene rings is 2. The third kappa shape index (κ3) is 4.88. The molecule has 220 valence electrons. The number of nitrogens with zero attached hydrogens (tertiary/aromatic N) is 4. The molecule has 2 N–H and O–H groups in total. The molecule has 3 aliphatic heterocycles. The third-order valence-corrected chi connectivity index (χ3v) is 8.72. The number of aromatic nitrogens is 2. The van der Waals surface area contributed by atoms with Crippen LogP contribution in [0.25, 0.3) is 11.3 Å². The molecule has 2 aromatic carbocycles. The second kappa shape index (κ2) is 11.0. The van der Waals surface area contributed by atoms with Gasteiger partial charge >= 0.3 is 0 Å². The summed E-state index contributed by atoms with van der Waals surface area (Å²) >= 11 is 6.42. The Morgan fingerprint density at radius 2 is 1.74 bits per heavy atom. The predicted molar refractivity (Wildman–Crippen MR) is 150 cm³/mol. The van der Waals surface area contributed by atoms with E-state index in [4.69, 9.17) is 16.3 Å². The molecule has 6 rings (SSSR count). The van der Waals surface area contributed by atoms with Gasteiger partial charge in [0.25, 0.3) is 11.8 Å². The zero-order valence-electron chi connectivity index (χ0n) is 23.0. The Balaban J connectivity index is 1.08. The Labute approximate surface area is 245 Å². The van der Waals surface area contributed by atoms with Crippen molar-refractivity contribution in [3.63, 3.8) is 0 Å². The van der Waals surface area contributed by atoms with E-state index in [2.05, 4.69) is 15.6 Å². The molecular formula is C29H29ClF2N6O4. The van der Waals surface area contributed by atoms with Crippen LogP contribution in [0.1, 0.15) is 21.0 Å². The first-order chi connectivity index (χ1) is 20.2. The molecule has 4 heterocycles. The van der Waals surface area contributed by atoms with E-state index in [9.17, 15) is 23.2 Å². The maximum atomic E-state index is 14.6. The summed E-state index contributed by atoms with van der Waals surface area (Å²) in [7, 11) is 2.74. The van der Waals surface area contributed by atoms with Crippen LogP contribution in [0.15, 0.2) is 36.5 Å². The highest BCUT2D eigenvalue weighted by Gasteiger charge is 2.44. The van der Waals surface area contributed by atoms with E-state index in [0.717, 1.165) is 26.2 Å². The van der Waals surface area contributed by atoms with E-state index >= 15 is 0 Å². The number of nitrogens with one attached hydrogen (secondary N) is 2. The highest BCUT2D eigenvalue weighted by atomic mass is 35.5. The number of rotatable bonds is 6. The first-order valence-electron chi connectivity index (χ1n) is 13.6. The minimum Gasteiger partial charge on any atom is -0.494 e. The molecule has 1 aromatic heterocycles. The van der Waals surface area contributed by atoms with Crippen LogP contribution in [-0.2, 0) is 11.8 Å². The maximum Gasteiger partial charge on any atom is 0.291 e. The molecule has 42 heavy (non-hydrogen) atoms. The van der Waals surface area contributed by atoms with Gasteiger partial charge in [0.05, 0.1) is 35.5 Å². The molecule has 0 saturated carbocycles. The predicted octanol–water partition coefficient (Wildman–Crippen LogP) is 3.03. The first kappa shape index (κ1) is 28.1. The molecule has 3 aromatic rings. The number of hydrogen-bond acceptors (Lipinski definition) is 6. The summed E-state index contributed by atoms with van der Waals surface area (Å²) in [4.78, 5) is 46.5. The number of carbonyl (C=O) groups is 3. The van der Waals surface area contributed by atoms with Crippen LogP contribution < -0.4 is 15.4 Å². The molecule has 3 saturated heterocycles. The Bertz CT molecular complexity index is 1580. The number of halogens is 3. The van der Waals surface area contributed by atoms with Gasteiger partial charge < -0.3 is 29.7 Å². The van der Waals surface area contributed by atoms with Crippen molar-refractivity contribution >= 4 is 35.0 Å². The Morgan fingerprint density at radius 1 is 1.02 bits per heavy atom. The summed E-state index contributed by atoms with van der Waals surface area (Å²) in [5.41, 5.74) is 0.690. The van der Waals surface area contributed by atoms with Crippen LogP contribution in [0.4, 0.5) is 14.5 Å². The van der Waals surface area contributed by atoms with Crippen molar-refractivity contribution in [1.82, 2.24) is 24.7 Å². The number of likely N-dealkylation sites (tertiary alicyclic amines) is 2. The third-order valence-electron chi connectivity index (χ3n) is 8.41. The van der Waals surface area contributed by atoms with Gasteiger partial charge in [0.1, 0.15) is 0 Å². The smallest absolute Gasteiger partial charge is 0.291 e. The molecule has 3 aliphatic rings. The molecule has 3 fully saturated rings. The van der Waals surface area contributed by atoms with E-state index in [-0.39, 0.29) is 51.1 Å². The summed E-state index contributed by atoms with van der Waals surface area (Å²) < 4.78 is 35.0. The van der Waals surface area contributed by atoms with E-state index in [1.54, 1.807) is 11.0 Å². The second-order valence-corrected chi connectivity index (χ2v) is 11.4. The van der Waals surface area contributed by atoms with Crippen LogP contribution >= 0.6 is 11.6 Å². The molecule has 3 amide bonds. The normalized spacial score (nSPS) is 19.9. The summed E-state index contributed by atoms with van der Waals surface area (Å²) in [6, 6.07) is 7.15. The lowest BCUT2D eigenvalue weighted by Gasteiger charge is -2.40. The highest BCUT2D eigenvalue weighted by Crippen LogP contribution is 2.32. The van der Waals surface area contributed by atoms with Crippen molar-refractivity contribution in [3.05, 3.63) is 64.6 Å². The quantitative estimate of drug-likeness (QED) is 0.452. The van der Waals surface area contributed by atoms with Crippen LogP contribution in [0, 0.1) is 29.4 Å². The second-order valence-electron chi connectivity index (χ2n) is 10.9. The number of anilines is 1. The van der Waals surface area contributed by atoms with Gasteiger partial charge in [0.2, 0.25) is 11.7 Å². The number of ether oxygens (including phenoxy) is 1. The van der Waals surface area contributed by atoms with Crippen molar-refractivity contribution in [2.24, 2.45) is 24.8 Å². The monoisotopic (exact) mass is 598 g/mol. The lowest BCUT2D eigenvalue weighted by molar-refractivity contribution is -0.139. The molecular weight excluding hydrogens is 570 g/mol. The van der Waals surface area contributed by atoms with Gasteiger partial charge in [-0.25, -0.2) is 9.37 Å². The number of carbonyl (C=O) groups excluding carboxylic acids is 3. The molecule has 13 heteroatoms. The fraction of sp³-hybridized carbons (Fsp3) is 0.379. The van der Waals surface area contributed by atoms with Crippen molar-refractivity contribution in [1.29, 1.82) is 0 Å². The maximum absolute atomic E-state index is 14.6. The SMILES string of the molecule is COc1ccc(-c2cnc(C(=O)Nc3ccc(C(=O)N4CC(C(=O)N5CC6CNCC6C5)C4)c(Cl)c3)n2C)c(F)c1F. The van der Waals surface area contributed by atoms with Crippen molar-refractivity contribution in [2.45, 2.75) is 0 Å². The minimum atomic E-state index is -1.14. The Morgan fingerprint density at radius 3 is 2.40 bits per heavy atom. The average molecular weight is 599 g/mol. The van der Waals surface area contributed by atoms with Crippen LogP contribution in [0.2, 0.25) is 5.02 Å². The van der Waals surface area contributed by atoms with Crippen molar-refractivity contribution in [3.8, 4) is 17.0 Å². The number of imidazole rings is 1. The Kier molecular flexibility index (Phi) is 7.36.